The van der Waals surface area contributed by atoms with E-state index in [-0.39, 0.29) is 6.04 Å². The SMILES string of the molecule is CNCC(c1ccccc1)n1cc(Cl)cn1. The Morgan fingerprint density at radius 1 is 1.38 bits per heavy atom. The first kappa shape index (κ1) is 11.2. The monoisotopic (exact) mass is 235 g/mol. The highest BCUT2D eigenvalue weighted by atomic mass is 35.5. The molecule has 0 spiro atoms. The van der Waals surface area contributed by atoms with Gasteiger partial charge in [0, 0.05) is 12.7 Å². The van der Waals surface area contributed by atoms with E-state index in [0.29, 0.717) is 5.02 Å². The van der Waals surface area contributed by atoms with Gasteiger partial charge in [-0.3, -0.25) is 4.68 Å². The molecule has 0 aliphatic rings. The molecule has 2 rings (SSSR count). The van der Waals surface area contributed by atoms with E-state index in [4.69, 9.17) is 11.6 Å². The number of likely N-dealkylation sites (N-methyl/N-ethyl adjacent to an activating group) is 1. The van der Waals surface area contributed by atoms with Gasteiger partial charge in [0.1, 0.15) is 0 Å². The summed E-state index contributed by atoms with van der Waals surface area (Å²) in [5.41, 5.74) is 1.22. The second-order valence-electron chi connectivity index (χ2n) is 3.62. The number of hydrogen-bond donors (Lipinski definition) is 1. The van der Waals surface area contributed by atoms with Crippen LogP contribution in [0.1, 0.15) is 11.6 Å². The van der Waals surface area contributed by atoms with Crippen molar-refractivity contribution < 1.29 is 0 Å². The minimum absolute atomic E-state index is 0.179. The zero-order valence-corrected chi connectivity index (χ0v) is 9.85. The molecule has 0 amide bonds. The van der Waals surface area contributed by atoms with Crippen LogP contribution < -0.4 is 5.32 Å². The summed E-state index contributed by atoms with van der Waals surface area (Å²) in [5.74, 6) is 0. The average molecular weight is 236 g/mol. The summed E-state index contributed by atoms with van der Waals surface area (Å²) in [7, 11) is 1.93. The highest BCUT2D eigenvalue weighted by molar-refractivity contribution is 6.30. The zero-order chi connectivity index (χ0) is 11.4. The molecule has 0 saturated heterocycles. The Morgan fingerprint density at radius 2 is 2.12 bits per heavy atom. The van der Waals surface area contributed by atoms with Crippen molar-refractivity contribution in [1.29, 1.82) is 0 Å². The predicted molar refractivity (Wildman–Crippen MR) is 65.7 cm³/mol. The molecule has 3 nitrogen and oxygen atoms in total. The number of aromatic nitrogens is 2. The molecule has 2 aromatic rings. The third kappa shape index (κ3) is 2.43. The van der Waals surface area contributed by atoms with E-state index in [2.05, 4.69) is 22.5 Å². The number of halogens is 1. The molecule has 1 N–H and O–H groups in total. The molecule has 1 aromatic heterocycles. The largest absolute Gasteiger partial charge is 0.317 e. The summed E-state index contributed by atoms with van der Waals surface area (Å²) in [6, 6.07) is 10.4. The van der Waals surface area contributed by atoms with Crippen molar-refractivity contribution in [3.63, 3.8) is 0 Å². The first-order valence-electron chi connectivity index (χ1n) is 5.20. The second-order valence-corrected chi connectivity index (χ2v) is 4.06. The highest BCUT2D eigenvalue weighted by Gasteiger charge is 2.13. The molecule has 0 aliphatic heterocycles. The molecule has 4 heteroatoms. The van der Waals surface area contributed by atoms with Gasteiger partial charge in [-0.15, -0.1) is 0 Å². The second kappa shape index (κ2) is 5.14. The van der Waals surface area contributed by atoms with Gasteiger partial charge in [0.05, 0.1) is 17.3 Å². The van der Waals surface area contributed by atoms with Crippen molar-refractivity contribution in [3.8, 4) is 0 Å². The minimum Gasteiger partial charge on any atom is -0.317 e. The molecule has 1 unspecified atom stereocenters. The number of benzene rings is 1. The lowest BCUT2D eigenvalue weighted by Gasteiger charge is -2.17. The van der Waals surface area contributed by atoms with E-state index >= 15 is 0 Å². The van der Waals surface area contributed by atoms with Crippen LogP contribution in [0.3, 0.4) is 0 Å². The van der Waals surface area contributed by atoms with Crippen LogP contribution in [0.15, 0.2) is 42.7 Å². The van der Waals surface area contributed by atoms with Gasteiger partial charge in [0.2, 0.25) is 0 Å². The van der Waals surface area contributed by atoms with E-state index in [1.807, 2.05) is 36.1 Å². The van der Waals surface area contributed by atoms with Crippen molar-refractivity contribution >= 4 is 11.6 Å². The van der Waals surface area contributed by atoms with Crippen LogP contribution in [0.4, 0.5) is 0 Å². The Labute approximate surface area is 100 Å². The summed E-state index contributed by atoms with van der Waals surface area (Å²) in [5, 5.41) is 8.09. The van der Waals surface area contributed by atoms with Crippen LogP contribution in [0, 0.1) is 0 Å². The normalized spacial score (nSPS) is 12.6. The van der Waals surface area contributed by atoms with Crippen molar-refractivity contribution in [2.45, 2.75) is 6.04 Å². The molecule has 0 radical (unpaired) electrons. The summed E-state index contributed by atoms with van der Waals surface area (Å²) >= 11 is 5.89. The van der Waals surface area contributed by atoms with Crippen LogP contribution in [0.2, 0.25) is 5.02 Å². The van der Waals surface area contributed by atoms with Gasteiger partial charge in [-0.05, 0) is 12.6 Å². The molecule has 1 aromatic carbocycles. The number of rotatable bonds is 4. The lowest BCUT2D eigenvalue weighted by molar-refractivity contribution is 0.500. The highest BCUT2D eigenvalue weighted by Crippen LogP contribution is 2.18. The maximum Gasteiger partial charge on any atom is 0.0893 e. The quantitative estimate of drug-likeness (QED) is 0.882. The fourth-order valence-corrected chi connectivity index (χ4v) is 1.86. The van der Waals surface area contributed by atoms with Crippen molar-refractivity contribution in [2.24, 2.45) is 0 Å². The molecular weight excluding hydrogens is 222 g/mol. The third-order valence-electron chi connectivity index (χ3n) is 2.47. The Morgan fingerprint density at radius 3 is 2.69 bits per heavy atom. The number of nitrogens with zero attached hydrogens (tertiary/aromatic N) is 2. The first-order valence-corrected chi connectivity index (χ1v) is 5.58. The molecule has 0 bridgehead atoms. The number of nitrogens with one attached hydrogen (secondary N) is 1. The molecule has 16 heavy (non-hydrogen) atoms. The van der Waals surface area contributed by atoms with Gasteiger partial charge in [0.15, 0.2) is 0 Å². The predicted octanol–water partition coefficient (Wildman–Crippen LogP) is 2.35. The van der Waals surface area contributed by atoms with Gasteiger partial charge in [-0.2, -0.15) is 5.10 Å². The maximum absolute atomic E-state index is 5.89. The molecule has 1 heterocycles. The molecule has 0 aliphatic carbocycles. The van der Waals surface area contributed by atoms with E-state index in [9.17, 15) is 0 Å². The third-order valence-corrected chi connectivity index (χ3v) is 2.67. The number of hydrogen-bond acceptors (Lipinski definition) is 2. The Balaban J connectivity index is 2.31. The maximum atomic E-state index is 5.89. The Bertz CT molecular complexity index is 439. The van der Waals surface area contributed by atoms with E-state index in [0.717, 1.165) is 6.54 Å². The van der Waals surface area contributed by atoms with E-state index < -0.39 is 0 Å². The van der Waals surface area contributed by atoms with Crippen molar-refractivity contribution in [3.05, 3.63) is 53.3 Å². The summed E-state index contributed by atoms with van der Waals surface area (Å²) < 4.78 is 1.88. The molecule has 0 saturated carbocycles. The average Bonchev–Trinajstić information content (AvgIpc) is 2.74. The molecule has 0 fully saturated rings. The summed E-state index contributed by atoms with van der Waals surface area (Å²) in [6.07, 6.45) is 3.50. The van der Waals surface area contributed by atoms with Crippen molar-refractivity contribution in [1.82, 2.24) is 15.1 Å². The Kier molecular flexibility index (Phi) is 3.59. The van der Waals surface area contributed by atoms with Crippen LogP contribution in [-0.2, 0) is 0 Å². The zero-order valence-electron chi connectivity index (χ0n) is 9.10. The van der Waals surface area contributed by atoms with Crippen LogP contribution in [0.25, 0.3) is 0 Å². The minimum atomic E-state index is 0.179. The Hall–Kier alpha value is -1.32. The van der Waals surface area contributed by atoms with Gasteiger partial charge >= 0.3 is 0 Å². The lowest BCUT2D eigenvalue weighted by atomic mass is 10.1. The van der Waals surface area contributed by atoms with Crippen LogP contribution in [0.5, 0.6) is 0 Å². The van der Waals surface area contributed by atoms with Gasteiger partial charge in [-0.25, -0.2) is 0 Å². The standard InChI is InChI=1S/C12H14ClN3/c1-14-8-12(10-5-3-2-4-6-10)16-9-11(13)7-15-16/h2-7,9,12,14H,8H2,1H3. The molecule has 84 valence electrons. The van der Waals surface area contributed by atoms with E-state index in [1.165, 1.54) is 5.56 Å². The van der Waals surface area contributed by atoms with Gasteiger partial charge in [-0.1, -0.05) is 41.9 Å². The fraction of sp³-hybridized carbons (Fsp3) is 0.250. The topological polar surface area (TPSA) is 29.9 Å². The molecular formula is C12H14ClN3. The van der Waals surface area contributed by atoms with Crippen molar-refractivity contribution in [2.75, 3.05) is 13.6 Å². The van der Waals surface area contributed by atoms with Crippen LogP contribution >= 0.6 is 11.6 Å². The summed E-state index contributed by atoms with van der Waals surface area (Å²) in [4.78, 5) is 0. The van der Waals surface area contributed by atoms with Gasteiger partial charge in [0.25, 0.3) is 0 Å². The smallest absolute Gasteiger partial charge is 0.0893 e. The lowest BCUT2D eigenvalue weighted by Crippen LogP contribution is -2.23. The van der Waals surface area contributed by atoms with E-state index in [1.54, 1.807) is 6.20 Å². The van der Waals surface area contributed by atoms with Crippen LogP contribution in [-0.4, -0.2) is 23.4 Å². The molecule has 1 atom stereocenters. The first-order chi connectivity index (χ1) is 7.81. The van der Waals surface area contributed by atoms with Gasteiger partial charge < -0.3 is 5.32 Å². The summed E-state index contributed by atoms with van der Waals surface area (Å²) in [6.45, 7) is 0.821. The fourth-order valence-electron chi connectivity index (χ4n) is 1.72.